The molecular formula is C19H40O4Si2. The molecule has 0 aromatic rings. The van der Waals surface area contributed by atoms with Crippen molar-refractivity contribution >= 4 is 17.1 Å². The van der Waals surface area contributed by atoms with Gasteiger partial charge in [0.2, 0.25) is 0 Å². The maximum absolute atomic E-state index is 5.81. The van der Waals surface area contributed by atoms with Crippen LogP contribution in [0.5, 0.6) is 0 Å². The average molecular weight is 389 g/mol. The van der Waals surface area contributed by atoms with Gasteiger partial charge in [0.15, 0.2) is 0 Å². The van der Waals surface area contributed by atoms with Gasteiger partial charge in [-0.15, -0.1) is 0 Å². The molecule has 0 fully saturated rings. The van der Waals surface area contributed by atoms with Crippen molar-refractivity contribution in [2.45, 2.75) is 70.9 Å². The zero-order chi connectivity index (χ0) is 19.0. The van der Waals surface area contributed by atoms with Crippen molar-refractivity contribution in [3.8, 4) is 0 Å². The number of hydrogen-bond acceptors (Lipinski definition) is 4. The lowest BCUT2D eigenvalue weighted by Crippen LogP contribution is -2.41. The van der Waals surface area contributed by atoms with Gasteiger partial charge in [-0.25, -0.2) is 0 Å². The van der Waals surface area contributed by atoms with Gasteiger partial charge in [-0.1, -0.05) is 51.7 Å². The Hall–Kier alpha value is -0.246. The van der Waals surface area contributed by atoms with E-state index in [-0.39, 0.29) is 0 Å². The molecule has 0 aromatic heterocycles. The molecule has 6 heteroatoms. The van der Waals surface area contributed by atoms with Crippen LogP contribution in [0.3, 0.4) is 0 Å². The summed E-state index contributed by atoms with van der Waals surface area (Å²) in [6.07, 6.45) is 12.5. The third-order valence-corrected chi connectivity index (χ3v) is 11.0. The van der Waals surface area contributed by atoms with Crippen LogP contribution in [0.4, 0.5) is 0 Å². The minimum Gasteiger partial charge on any atom is -0.395 e. The number of unbranched alkanes of at least 4 members (excludes halogenated alkanes) is 4. The molecule has 0 unspecified atom stereocenters. The van der Waals surface area contributed by atoms with E-state index in [1.807, 2.05) is 0 Å². The molecule has 0 spiro atoms. The first kappa shape index (κ1) is 24.8. The Morgan fingerprint density at radius 2 is 0.960 bits per heavy atom. The number of rotatable bonds is 16. The zero-order valence-electron chi connectivity index (χ0n) is 17.3. The predicted octanol–water partition coefficient (Wildman–Crippen LogP) is 5.42. The van der Waals surface area contributed by atoms with Crippen molar-refractivity contribution in [2.75, 3.05) is 28.4 Å². The molecular weight excluding hydrogens is 348 g/mol. The van der Waals surface area contributed by atoms with Gasteiger partial charge in [-0.3, -0.25) is 0 Å². The van der Waals surface area contributed by atoms with Crippen LogP contribution in [0.25, 0.3) is 0 Å². The maximum atomic E-state index is 5.81. The molecule has 25 heavy (non-hydrogen) atoms. The Labute approximate surface area is 158 Å². The molecule has 0 atom stereocenters. The molecule has 0 saturated heterocycles. The Balaban J connectivity index is 4.73. The summed E-state index contributed by atoms with van der Waals surface area (Å²) in [4.78, 5) is 0. The van der Waals surface area contributed by atoms with Crippen LogP contribution < -0.4 is 0 Å². The van der Waals surface area contributed by atoms with Crippen LogP contribution >= 0.6 is 0 Å². The highest BCUT2D eigenvalue weighted by atomic mass is 28.4. The summed E-state index contributed by atoms with van der Waals surface area (Å²) >= 11 is 0. The summed E-state index contributed by atoms with van der Waals surface area (Å²) in [5.41, 5.74) is 4.39. The summed E-state index contributed by atoms with van der Waals surface area (Å²) in [6, 6.07) is 1.85. The highest BCUT2D eigenvalue weighted by molar-refractivity contribution is 6.74. The molecule has 0 heterocycles. The second-order valence-electron chi connectivity index (χ2n) is 6.38. The first-order chi connectivity index (χ1) is 12.1. The van der Waals surface area contributed by atoms with Crippen molar-refractivity contribution in [3.63, 3.8) is 0 Å². The van der Waals surface area contributed by atoms with Gasteiger partial charge in [0.1, 0.15) is 0 Å². The van der Waals surface area contributed by atoms with Gasteiger partial charge in [0.25, 0.3) is 0 Å². The van der Waals surface area contributed by atoms with Crippen LogP contribution in [0.1, 0.15) is 58.8 Å². The largest absolute Gasteiger partial charge is 0.395 e. The lowest BCUT2D eigenvalue weighted by Gasteiger charge is -2.27. The Kier molecular flexibility index (Phi) is 14.7. The van der Waals surface area contributed by atoms with Crippen molar-refractivity contribution in [2.24, 2.45) is 0 Å². The van der Waals surface area contributed by atoms with Crippen LogP contribution in [0, 0.1) is 0 Å². The summed E-state index contributed by atoms with van der Waals surface area (Å²) in [5.74, 6) is 0. The molecule has 0 rings (SSSR count). The third kappa shape index (κ3) is 9.87. The van der Waals surface area contributed by atoms with E-state index in [1.165, 1.54) is 25.7 Å². The fraction of sp³-hybridized carbons (Fsp3) is 0.789. The maximum Gasteiger partial charge on any atom is 0.364 e. The van der Waals surface area contributed by atoms with E-state index < -0.39 is 17.1 Å². The lowest BCUT2D eigenvalue weighted by molar-refractivity contribution is 0.247. The van der Waals surface area contributed by atoms with E-state index in [4.69, 9.17) is 17.7 Å². The summed E-state index contributed by atoms with van der Waals surface area (Å²) in [6.45, 7) is 4.41. The Morgan fingerprint density at radius 3 is 1.24 bits per heavy atom. The average Bonchev–Trinajstić information content (AvgIpc) is 2.66. The van der Waals surface area contributed by atoms with Crippen LogP contribution in [-0.4, -0.2) is 45.6 Å². The molecule has 0 saturated carbocycles. The first-order valence-corrected chi connectivity index (χ1v) is 13.8. The van der Waals surface area contributed by atoms with Crippen molar-refractivity contribution < 1.29 is 17.7 Å². The molecule has 0 radical (unpaired) electrons. The molecule has 0 aliphatic rings. The zero-order valence-corrected chi connectivity index (χ0v) is 19.3. The SMILES string of the molecule is CCCCC=C[Si](CCC[Si](C=CCCCC)(OC)OC)(OC)OC. The second kappa shape index (κ2) is 14.9. The van der Waals surface area contributed by atoms with Gasteiger partial charge < -0.3 is 17.7 Å². The fourth-order valence-electron chi connectivity index (χ4n) is 2.76. The Bertz CT molecular complexity index is 330. The van der Waals surface area contributed by atoms with E-state index in [0.29, 0.717) is 0 Å². The highest BCUT2D eigenvalue weighted by Gasteiger charge is 2.36. The van der Waals surface area contributed by atoms with Crippen molar-refractivity contribution in [1.82, 2.24) is 0 Å². The van der Waals surface area contributed by atoms with E-state index in [9.17, 15) is 0 Å². The monoisotopic (exact) mass is 388 g/mol. The third-order valence-electron chi connectivity index (χ3n) is 4.62. The Morgan fingerprint density at radius 1 is 0.600 bits per heavy atom. The van der Waals surface area contributed by atoms with Gasteiger partial charge in [-0.2, -0.15) is 0 Å². The summed E-state index contributed by atoms with van der Waals surface area (Å²) < 4.78 is 23.2. The standard InChI is InChI=1S/C19H40O4Si2/c1-7-9-11-13-16-24(20-3,21-4)18-15-19-25(22-5,23-6)17-14-12-10-8-2/h13-14,16-17H,7-12,15,18-19H2,1-6H3. The predicted molar refractivity (Wildman–Crippen MR) is 111 cm³/mol. The van der Waals surface area contributed by atoms with E-state index in [1.54, 1.807) is 28.4 Å². The topological polar surface area (TPSA) is 36.9 Å². The van der Waals surface area contributed by atoms with E-state index in [0.717, 1.165) is 31.4 Å². The van der Waals surface area contributed by atoms with Gasteiger partial charge >= 0.3 is 17.1 Å². The van der Waals surface area contributed by atoms with Crippen LogP contribution in [0.15, 0.2) is 23.6 Å². The minimum absolute atomic E-state index is 0.924. The smallest absolute Gasteiger partial charge is 0.364 e. The minimum atomic E-state index is -2.26. The molecule has 0 aliphatic heterocycles. The molecule has 0 aromatic carbocycles. The van der Waals surface area contributed by atoms with Crippen LogP contribution in [-0.2, 0) is 17.7 Å². The molecule has 4 nitrogen and oxygen atoms in total. The molecule has 0 bridgehead atoms. The van der Waals surface area contributed by atoms with Gasteiger partial charge in [0.05, 0.1) is 0 Å². The lowest BCUT2D eigenvalue weighted by atomic mass is 10.2. The fourth-order valence-corrected chi connectivity index (χ4v) is 7.54. The van der Waals surface area contributed by atoms with Crippen LogP contribution in [0.2, 0.25) is 12.1 Å². The van der Waals surface area contributed by atoms with Crippen molar-refractivity contribution in [1.29, 1.82) is 0 Å². The van der Waals surface area contributed by atoms with E-state index >= 15 is 0 Å². The van der Waals surface area contributed by atoms with E-state index in [2.05, 4.69) is 37.4 Å². The number of allylic oxidation sites excluding steroid dienone is 2. The molecule has 0 aliphatic carbocycles. The van der Waals surface area contributed by atoms with Gasteiger partial charge in [-0.05, 0) is 42.7 Å². The molecule has 0 amide bonds. The highest BCUT2D eigenvalue weighted by Crippen LogP contribution is 2.24. The molecule has 0 N–H and O–H groups in total. The summed E-state index contributed by atoms with van der Waals surface area (Å²) in [7, 11) is 2.55. The second-order valence-corrected chi connectivity index (χ2v) is 12.9. The van der Waals surface area contributed by atoms with Crippen molar-refractivity contribution in [3.05, 3.63) is 23.6 Å². The van der Waals surface area contributed by atoms with Gasteiger partial charge in [0, 0.05) is 28.4 Å². The first-order valence-electron chi connectivity index (χ1n) is 9.63. The normalized spacial score (nSPS) is 13.4. The molecule has 148 valence electrons. The summed E-state index contributed by atoms with van der Waals surface area (Å²) in [5, 5.41) is 0. The quantitative estimate of drug-likeness (QED) is 0.261. The number of hydrogen-bond donors (Lipinski definition) is 0.